The van der Waals surface area contributed by atoms with Crippen molar-refractivity contribution in [3.8, 4) is 0 Å². The summed E-state index contributed by atoms with van der Waals surface area (Å²) in [6, 6.07) is 8.26. The second kappa shape index (κ2) is 12.6. The molecule has 9 heteroatoms. The van der Waals surface area contributed by atoms with E-state index in [4.69, 9.17) is 4.74 Å². The Morgan fingerprint density at radius 2 is 1.55 bits per heavy atom. The lowest BCUT2D eigenvalue weighted by molar-refractivity contribution is -0.195. The maximum absolute atomic E-state index is 14.8. The molecular weight excluding hydrogens is 646 g/mol. The number of nitrogens with one attached hydrogen (secondary N) is 1. The summed E-state index contributed by atoms with van der Waals surface area (Å²) in [4.78, 5) is 65.3. The number of ether oxygens (including phenoxy) is 1. The molecule has 0 aliphatic heterocycles. The van der Waals surface area contributed by atoms with E-state index in [0.29, 0.717) is 19.3 Å². The Morgan fingerprint density at radius 3 is 2.20 bits per heavy atom. The Labute approximate surface area is 302 Å². The van der Waals surface area contributed by atoms with E-state index < -0.39 is 47.1 Å². The number of fused-ring (bicyclic) bond motifs is 7. The molecule has 1 unspecified atom stereocenters. The van der Waals surface area contributed by atoms with Crippen LogP contribution in [0.2, 0.25) is 0 Å². The summed E-state index contributed by atoms with van der Waals surface area (Å²) in [5, 5.41) is 21.4. The third kappa shape index (κ3) is 5.85. The monoisotopic (exact) mass is 703 g/mol. The third-order valence-electron chi connectivity index (χ3n) is 15.6. The van der Waals surface area contributed by atoms with Crippen molar-refractivity contribution in [3.05, 3.63) is 47.5 Å². The minimum atomic E-state index is -1.50. The lowest BCUT2D eigenvalue weighted by atomic mass is 9.33. The molecule has 10 atom stereocenters. The maximum Gasteiger partial charge on any atom is 0.326 e. The van der Waals surface area contributed by atoms with Gasteiger partial charge >= 0.3 is 17.9 Å². The summed E-state index contributed by atoms with van der Waals surface area (Å²) in [5.41, 5.74) is 0.0484. The largest absolute Gasteiger partial charge is 0.481 e. The third-order valence-corrected chi connectivity index (χ3v) is 15.6. The van der Waals surface area contributed by atoms with Crippen molar-refractivity contribution in [2.24, 2.45) is 56.2 Å². The molecule has 5 aliphatic rings. The van der Waals surface area contributed by atoms with Crippen LogP contribution in [0.1, 0.15) is 118 Å². The molecular formula is C42H57NO8. The van der Waals surface area contributed by atoms with Crippen molar-refractivity contribution < 1.29 is 38.9 Å². The van der Waals surface area contributed by atoms with Crippen molar-refractivity contribution >= 4 is 29.6 Å². The van der Waals surface area contributed by atoms with Crippen LogP contribution >= 0.6 is 0 Å². The number of benzene rings is 1. The lowest BCUT2D eigenvalue weighted by Gasteiger charge is -2.70. The fourth-order valence-electron chi connectivity index (χ4n) is 12.4. The van der Waals surface area contributed by atoms with Crippen molar-refractivity contribution in [3.63, 3.8) is 0 Å². The normalized spacial score (nSPS) is 40.2. The summed E-state index contributed by atoms with van der Waals surface area (Å²) in [7, 11) is 0. The summed E-state index contributed by atoms with van der Waals surface area (Å²) in [5.74, 6) is -3.71. The van der Waals surface area contributed by atoms with Crippen LogP contribution in [-0.4, -0.2) is 45.9 Å². The highest BCUT2D eigenvalue weighted by molar-refractivity contribution is 5.96. The van der Waals surface area contributed by atoms with Crippen LogP contribution in [0.15, 0.2) is 42.0 Å². The van der Waals surface area contributed by atoms with Gasteiger partial charge in [0.2, 0.25) is 5.91 Å². The molecule has 3 N–H and O–H groups in total. The van der Waals surface area contributed by atoms with Crippen molar-refractivity contribution in [1.82, 2.24) is 5.32 Å². The maximum atomic E-state index is 14.8. The van der Waals surface area contributed by atoms with Gasteiger partial charge in [0.05, 0.1) is 11.8 Å². The van der Waals surface area contributed by atoms with Gasteiger partial charge in [-0.05, 0) is 115 Å². The smallest absolute Gasteiger partial charge is 0.326 e. The molecule has 4 saturated carbocycles. The van der Waals surface area contributed by atoms with Crippen LogP contribution < -0.4 is 5.32 Å². The zero-order valence-corrected chi connectivity index (χ0v) is 31.5. The summed E-state index contributed by atoms with van der Waals surface area (Å²) in [6.45, 7) is 15.7. The zero-order valence-electron chi connectivity index (χ0n) is 31.5. The van der Waals surface area contributed by atoms with Crippen LogP contribution in [0.5, 0.6) is 0 Å². The zero-order chi connectivity index (χ0) is 37.4. The van der Waals surface area contributed by atoms with E-state index in [2.05, 4.69) is 46.9 Å². The van der Waals surface area contributed by atoms with Crippen molar-refractivity contribution in [2.75, 3.05) is 0 Å². The molecule has 0 bridgehead atoms. The predicted molar refractivity (Wildman–Crippen MR) is 191 cm³/mol. The minimum absolute atomic E-state index is 0.00297. The Hall–Kier alpha value is -3.49. The molecule has 1 aromatic carbocycles. The molecule has 0 saturated heterocycles. The highest BCUT2D eigenvalue weighted by Gasteiger charge is 2.70. The topological polar surface area (TPSA) is 147 Å². The fourth-order valence-corrected chi connectivity index (χ4v) is 12.4. The number of ketones is 1. The van der Waals surface area contributed by atoms with E-state index in [1.165, 1.54) is 5.57 Å². The van der Waals surface area contributed by atoms with Crippen molar-refractivity contribution in [2.45, 2.75) is 125 Å². The molecule has 1 amide bonds. The van der Waals surface area contributed by atoms with Gasteiger partial charge in [-0.15, -0.1) is 0 Å². The number of hydrogen-bond donors (Lipinski definition) is 3. The van der Waals surface area contributed by atoms with Crippen LogP contribution in [0.25, 0.3) is 0 Å². The van der Waals surface area contributed by atoms with Gasteiger partial charge in [-0.3, -0.25) is 19.2 Å². The van der Waals surface area contributed by atoms with Gasteiger partial charge in [0, 0.05) is 11.8 Å². The van der Waals surface area contributed by atoms with Gasteiger partial charge in [-0.1, -0.05) is 77.4 Å². The molecule has 1 aromatic rings. The number of esters is 1. The first-order chi connectivity index (χ1) is 23.7. The van der Waals surface area contributed by atoms with E-state index in [1.807, 2.05) is 43.3 Å². The average molecular weight is 704 g/mol. The van der Waals surface area contributed by atoms with Crippen LogP contribution in [0.4, 0.5) is 0 Å². The fraction of sp³-hybridized carbons (Fsp3) is 0.690. The van der Waals surface area contributed by atoms with E-state index in [-0.39, 0.29) is 57.8 Å². The van der Waals surface area contributed by atoms with E-state index >= 15 is 0 Å². The number of carbonyl (C=O) groups excluding carboxylic acids is 3. The first-order valence-corrected chi connectivity index (χ1v) is 18.9. The van der Waals surface area contributed by atoms with Crippen molar-refractivity contribution in [1.29, 1.82) is 0 Å². The van der Waals surface area contributed by atoms with Crippen LogP contribution in [0, 0.1) is 56.2 Å². The average Bonchev–Trinajstić information content (AvgIpc) is 3.05. The Balaban J connectivity index is 1.28. The first-order valence-electron chi connectivity index (χ1n) is 18.9. The number of rotatable bonds is 8. The molecule has 5 aliphatic carbocycles. The predicted octanol–water partition coefficient (Wildman–Crippen LogP) is 7.37. The lowest BCUT2D eigenvalue weighted by Crippen LogP contribution is -2.66. The second-order valence-corrected chi connectivity index (χ2v) is 18.7. The SMILES string of the molecule is CC1(C)[C@@H](C(=O)NC(CC(=O)O)C(=O)O)CC[C@]2(C)[C@H]3C(=O)C=C4[C@@H]5C[C@@](C)(C(=O)OCc6ccccc6)CC[C@]5(C)CC[C@@]4(C)[C@]3(C)CC[C@@H]12. The highest BCUT2D eigenvalue weighted by atomic mass is 16.5. The number of allylic oxidation sites excluding steroid dienone is 2. The molecule has 0 spiro atoms. The minimum Gasteiger partial charge on any atom is -0.481 e. The number of hydrogen-bond acceptors (Lipinski definition) is 6. The Morgan fingerprint density at radius 1 is 0.882 bits per heavy atom. The molecule has 4 fully saturated rings. The number of carbonyl (C=O) groups is 5. The molecule has 0 aromatic heterocycles. The number of carboxylic acids is 2. The molecule has 0 radical (unpaired) electrons. The van der Waals surface area contributed by atoms with E-state index in [1.54, 1.807) is 0 Å². The van der Waals surface area contributed by atoms with Gasteiger partial charge in [-0.25, -0.2) is 4.79 Å². The molecule has 0 heterocycles. The highest BCUT2D eigenvalue weighted by Crippen LogP contribution is 2.75. The Kier molecular flexibility index (Phi) is 9.19. The number of aliphatic carboxylic acids is 2. The van der Waals surface area contributed by atoms with Gasteiger partial charge in [0.1, 0.15) is 12.6 Å². The molecule has 9 nitrogen and oxygen atoms in total. The summed E-state index contributed by atoms with van der Waals surface area (Å²) in [6.07, 6.45) is 8.44. The molecule has 6 rings (SSSR count). The molecule has 278 valence electrons. The summed E-state index contributed by atoms with van der Waals surface area (Å²) >= 11 is 0. The van der Waals surface area contributed by atoms with Crippen LogP contribution in [-0.2, 0) is 35.3 Å². The standard InChI is InChI=1S/C42H57NO8/c1-37(2)26(34(47)43-29(35(48)49)22-32(45)46)13-15-40(5)31(37)14-16-42(7)33(40)30(44)21-27-28-23-39(4,18-17-38(28,3)19-20-41(27,42)6)36(50)51-24-25-11-9-8-10-12-25/h8-12,21,26,28-29,31,33H,13-20,22-24H2,1-7H3,(H,43,47)(H,45,46)(H,48,49)/t26-,28+,29?,31+,33-,38-,39+,40+,41-,42-/m1/s1. The first kappa shape index (κ1) is 37.3. The second-order valence-electron chi connectivity index (χ2n) is 18.7. The van der Waals surface area contributed by atoms with Gasteiger partial charge in [-0.2, -0.15) is 0 Å². The number of amides is 1. The van der Waals surface area contributed by atoms with Gasteiger partial charge in [0.15, 0.2) is 5.78 Å². The van der Waals surface area contributed by atoms with E-state index in [9.17, 15) is 34.2 Å². The summed E-state index contributed by atoms with van der Waals surface area (Å²) < 4.78 is 5.93. The van der Waals surface area contributed by atoms with E-state index in [0.717, 1.165) is 44.1 Å². The molecule has 51 heavy (non-hydrogen) atoms. The van der Waals surface area contributed by atoms with Gasteiger partial charge in [0.25, 0.3) is 0 Å². The number of carboxylic acid groups (broad SMARTS) is 2. The quantitative estimate of drug-likeness (QED) is 0.238. The van der Waals surface area contributed by atoms with Gasteiger partial charge < -0.3 is 20.3 Å². The van der Waals surface area contributed by atoms with Crippen LogP contribution in [0.3, 0.4) is 0 Å². The Bertz CT molecular complexity index is 1650.